The van der Waals surface area contributed by atoms with Crippen molar-refractivity contribution in [2.45, 2.75) is 43.8 Å². The van der Waals surface area contributed by atoms with Gasteiger partial charge in [-0.15, -0.1) is 0 Å². The van der Waals surface area contributed by atoms with Crippen LogP contribution in [-0.2, 0) is 24.0 Å². The number of ether oxygens (including phenoxy) is 1. The highest BCUT2D eigenvalue weighted by atomic mass is 19.4. The van der Waals surface area contributed by atoms with Crippen molar-refractivity contribution in [1.29, 1.82) is 0 Å². The molecule has 0 spiro atoms. The summed E-state index contributed by atoms with van der Waals surface area (Å²) in [5, 5.41) is 27.4. The van der Waals surface area contributed by atoms with Crippen molar-refractivity contribution < 1.29 is 32.5 Å². The molecule has 2 aromatic heterocycles. The van der Waals surface area contributed by atoms with Gasteiger partial charge < -0.3 is 25.6 Å². The molecule has 4 atom stereocenters. The minimum absolute atomic E-state index is 0.137. The molecular formula is C25H24F4N6O3. The lowest BCUT2D eigenvalue weighted by Crippen LogP contribution is -2.37. The molecule has 0 saturated carbocycles. The molecule has 0 bridgehead atoms. The van der Waals surface area contributed by atoms with E-state index in [-0.39, 0.29) is 18.9 Å². The van der Waals surface area contributed by atoms with Crippen molar-refractivity contribution in [2.24, 2.45) is 0 Å². The van der Waals surface area contributed by atoms with Crippen molar-refractivity contribution in [3.8, 4) is 0 Å². The van der Waals surface area contributed by atoms with Gasteiger partial charge in [-0.25, -0.2) is 19.3 Å². The van der Waals surface area contributed by atoms with E-state index in [1.165, 1.54) is 41.5 Å². The molecule has 0 amide bonds. The van der Waals surface area contributed by atoms with Crippen LogP contribution in [0.1, 0.15) is 22.9 Å². The van der Waals surface area contributed by atoms with E-state index in [2.05, 4.69) is 25.6 Å². The molecule has 1 fully saturated rings. The minimum atomic E-state index is -4.40. The highest BCUT2D eigenvalue weighted by molar-refractivity contribution is 5.82. The Labute approximate surface area is 214 Å². The Morgan fingerprint density at radius 1 is 0.947 bits per heavy atom. The molecule has 3 heterocycles. The first-order valence-electron chi connectivity index (χ1n) is 11.7. The predicted octanol–water partition coefficient (Wildman–Crippen LogP) is 3.01. The Kier molecular flexibility index (Phi) is 7.25. The van der Waals surface area contributed by atoms with Crippen LogP contribution in [0.15, 0.2) is 61.2 Å². The van der Waals surface area contributed by atoms with Gasteiger partial charge in [-0.1, -0.05) is 24.3 Å². The maximum atomic E-state index is 13.5. The van der Waals surface area contributed by atoms with Crippen LogP contribution in [0.2, 0.25) is 0 Å². The number of nitrogens with one attached hydrogen (secondary N) is 2. The zero-order valence-electron chi connectivity index (χ0n) is 19.8. The van der Waals surface area contributed by atoms with E-state index in [9.17, 15) is 27.8 Å². The third-order valence-electron chi connectivity index (χ3n) is 6.28. The lowest BCUT2D eigenvalue weighted by Gasteiger charge is -2.17. The zero-order chi connectivity index (χ0) is 26.9. The monoisotopic (exact) mass is 532 g/mol. The van der Waals surface area contributed by atoms with Crippen LogP contribution in [0, 0.1) is 5.82 Å². The molecule has 9 nitrogen and oxygen atoms in total. The quantitative estimate of drug-likeness (QED) is 0.256. The van der Waals surface area contributed by atoms with Crippen LogP contribution in [-0.4, -0.2) is 54.6 Å². The molecule has 13 heteroatoms. The Morgan fingerprint density at radius 3 is 2.47 bits per heavy atom. The summed E-state index contributed by atoms with van der Waals surface area (Å²) >= 11 is 0. The van der Waals surface area contributed by atoms with Gasteiger partial charge in [0, 0.05) is 19.6 Å². The number of benzene rings is 2. The first kappa shape index (κ1) is 26.0. The number of rotatable bonds is 8. The van der Waals surface area contributed by atoms with Crippen LogP contribution in [0.5, 0.6) is 0 Å². The average molecular weight is 532 g/mol. The maximum absolute atomic E-state index is 13.5. The van der Waals surface area contributed by atoms with Gasteiger partial charge in [0.2, 0.25) is 0 Å². The minimum Gasteiger partial charge on any atom is -0.387 e. The summed E-state index contributed by atoms with van der Waals surface area (Å²) in [6, 6.07) is 10.9. The highest BCUT2D eigenvalue weighted by Gasteiger charge is 2.44. The van der Waals surface area contributed by atoms with Gasteiger partial charge in [0.15, 0.2) is 23.2 Å². The Balaban J connectivity index is 1.23. The molecule has 1 aliphatic rings. The number of nitrogens with zero attached hydrogens (tertiary/aromatic N) is 4. The number of aromatic nitrogens is 4. The van der Waals surface area contributed by atoms with E-state index < -0.39 is 36.3 Å². The molecule has 0 aliphatic carbocycles. The van der Waals surface area contributed by atoms with Crippen LogP contribution in [0.4, 0.5) is 23.4 Å². The van der Waals surface area contributed by atoms with E-state index in [1.807, 2.05) is 0 Å². The number of aliphatic hydroxyl groups excluding tert-OH is 2. The molecule has 1 saturated heterocycles. The van der Waals surface area contributed by atoms with Crippen LogP contribution >= 0.6 is 0 Å². The molecule has 38 heavy (non-hydrogen) atoms. The van der Waals surface area contributed by atoms with Crippen LogP contribution in [0.3, 0.4) is 0 Å². The summed E-state index contributed by atoms with van der Waals surface area (Å²) in [5.41, 5.74) is 1.36. The number of imidazole rings is 1. The summed E-state index contributed by atoms with van der Waals surface area (Å²) in [5.74, 6) is 0.0524. The number of alkyl halides is 3. The fourth-order valence-corrected chi connectivity index (χ4v) is 4.30. The maximum Gasteiger partial charge on any atom is 0.416 e. The smallest absolute Gasteiger partial charge is 0.387 e. The second-order valence-electron chi connectivity index (χ2n) is 8.90. The van der Waals surface area contributed by atoms with Gasteiger partial charge in [-0.2, -0.15) is 13.2 Å². The molecule has 200 valence electrons. The number of fused-ring (bicyclic) bond motifs is 1. The number of hydrogen-bond acceptors (Lipinski definition) is 8. The van der Waals surface area contributed by atoms with E-state index in [4.69, 9.17) is 4.74 Å². The summed E-state index contributed by atoms with van der Waals surface area (Å²) in [6.07, 6.45) is -5.97. The molecule has 4 N–H and O–H groups in total. The first-order chi connectivity index (χ1) is 18.2. The summed E-state index contributed by atoms with van der Waals surface area (Å²) < 4.78 is 59.1. The van der Waals surface area contributed by atoms with Gasteiger partial charge in [-0.05, 0) is 35.4 Å². The number of hydrogen-bond donors (Lipinski definition) is 4. The van der Waals surface area contributed by atoms with Gasteiger partial charge in [0.05, 0.1) is 11.9 Å². The fourth-order valence-electron chi connectivity index (χ4n) is 4.30. The van der Waals surface area contributed by atoms with E-state index in [0.29, 0.717) is 34.7 Å². The summed E-state index contributed by atoms with van der Waals surface area (Å²) in [7, 11) is 0. The lowest BCUT2D eigenvalue weighted by atomic mass is 10.1. The van der Waals surface area contributed by atoms with Gasteiger partial charge >= 0.3 is 6.18 Å². The molecular weight excluding hydrogens is 508 g/mol. The predicted molar refractivity (Wildman–Crippen MR) is 128 cm³/mol. The molecule has 0 unspecified atom stereocenters. The molecule has 5 rings (SSSR count). The van der Waals surface area contributed by atoms with E-state index in [1.54, 1.807) is 12.1 Å². The number of aliphatic hydroxyl groups is 2. The first-order valence-corrected chi connectivity index (χ1v) is 11.7. The second-order valence-corrected chi connectivity index (χ2v) is 8.90. The summed E-state index contributed by atoms with van der Waals surface area (Å²) in [4.78, 5) is 12.8. The van der Waals surface area contributed by atoms with E-state index in [0.717, 1.165) is 12.1 Å². The van der Waals surface area contributed by atoms with Crippen LogP contribution in [0.25, 0.3) is 11.2 Å². The average Bonchev–Trinajstić information content (AvgIpc) is 3.44. The van der Waals surface area contributed by atoms with Crippen LogP contribution < -0.4 is 10.6 Å². The fraction of sp³-hybridized carbons (Fsp3) is 0.320. The van der Waals surface area contributed by atoms with Crippen molar-refractivity contribution in [3.63, 3.8) is 0 Å². The van der Waals surface area contributed by atoms with Crippen molar-refractivity contribution in [1.82, 2.24) is 24.8 Å². The zero-order valence-corrected chi connectivity index (χ0v) is 19.8. The second kappa shape index (κ2) is 10.6. The molecule has 0 radical (unpaired) electrons. The largest absolute Gasteiger partial charge is 0.416 e. The lowest BCUT2D eigenvalue weighted by molar-refractivity contribution is -0.137. The van der Waals surface area contributed by atoms with Gasteiger partial charge in [-0.3, -0.25) is 4.57 Å². The van der Waals surface area contributed by atoms with Crippen molar-refractivity contribution in [2.75, 3.05) is 11.9 Å². The van der Waals surface area contributed by atoms with E-state index >= 15 is 0 Å². The molecule has 2 aromatic carbocycles. The molecule has 4 aromatic rings. The van der Waals surface area contributed by atoms with Gasteiger partial charge in [0.25, 0.3) is 0 Å². The number of anilines is 1. The Hall–Kier alpha value is -3.65. The Bertz CT molecular complexity index is 1400. The summed E-state index contributed by atoms with van der Waals surface area (Å²) in [6.45, 7) is 0.676. The normalized spacial score (nSPS) is 21.7. The molecule has 1 aliphatic heterocycles. The number of halogens is 4. The standard InChI is InChI=1S/C25H24F4N6O3/c26-17-3-1-2-15(8-17)10-31-22-19-23(33-12-32-22)35(13-34-19)24-21(37)20(36)18(38-24)11-30-9-14-4-6-16(7-5-14)25(27,28)29/h1-8,12-13,18,20-21,24,30,36-37H,9-11H2,(H,31,32,33)/t18-,20-,21-,24-/m1/s1. The SMILES string of the molecule is O[C@@H]1[C@H](O)[C@@H](CNCc2ccc(C(F)(F)F)cc2)O[C@H]1n1cnc2c(NCc3cccc(F)c3)ncnc21. The third kappa shape index (κ3) is 5.45. The highest BCUT2D eigenvalue weighted by Crippen LogP contribution is 2.32. The topological polar surface area (TPSA) is 117 Å². The van der Waals surface area contributed by atoms with Crippen molar-refractivity contribution >= 4 is 17.0 Å². The van der Waals surface area contributed by atoms with Crippen molar-refractivity contribution in [3.05, 3.63) is 83.7 Å². The Morgan fingerprint density at radius 2 is 1.74 bits per heavy atom. The third-order valence-corrected chi connectivity index (χ3v) is 6.28. The van der Waals surface area contributed by atoms with Gasteiger partial charge in [0.1, 0.15) is 30.5 Å².